The minimum atomic E-state index is -0.735. The molecule has 5 nitrogen and oxygen atoms in total. The lowest BCUT2D eigenvalue weighted by molar-refractivity contribution is -0.150. The van der Waals surface area contributed by atoms with Crippen molar-refractivity contribution in [2.24, 2.45) is 0 Å². The highest BCUT2D eigenvalue weighted by molar-refractivity contribution is 7.09. The number of carbonyl (C=O) groups is 2. The SMILES string of the molecule is O=C(COC(=O)COc1ccccc1F)NCCc1cccs1. The van der Waals surface area contributed by atoms with Crippen molar-refractivity contribution in [3.63, 3.8) is 0 Å². The number of thiophene rings is 1. The quantitative estimate of drug-likeness (QED) is 0.750. The molecular weight excluding hydrogens is 321 g/mol. The normalized spacial score (nSPS) is 10.1. The Hall–Kier alpha value is -2.41. The van der Waals surface area contributed by atoms with Crippen LogP contribution in [0.4, 0.5) is 4.39 Å². The lowest BCUT2D eigenvalue weighted by atomic mass is 10.3. The highest BCUT2D eigenvalue weighted by Gasteiger charge is 2.10. The Balaban J connectivity index is 1.60. The van der Waals surface area contributed by atoms with Gasteiger partial charge in [0.05, 0.1) is 0 Å². The Morgan fingerprint density at radius 1 is 1.13 bits per heavy atom. The summed E-state index contributed by atoms with van der Waals surface area (Å²) in [6.45, 7) is -0.365. The van der Waals surface area contributed by atoms with Gasteiger partial charge in [0.1, 0.15) is 0 Å². The Morgan fingerprint density at radius 3 is 2.70 bits per heavy atom. The number of hydrogen-bond acceptors (Lipinski definition) is 5. The molecule has 2 rings (SSSR count). The first-order valence-electron chi connectivity index (χ1n) is 6.97. The highest BCUT2D eigenvalue weighted by atomic mass is 32.1. The van der Waals surface area contributed by atoms with Gasteiger partial charge < -0.3 is 14.8 Å². The summed E-state index contributed by atoms with van der Waals surface area (Å²) in [6.07, 6.45) is 0.730. The summed E-state index contributed by atoms with van der Waals surface area (Å²) in [7, 11) is 0. The van der Waals surface area contributed by atoms with Crippen LogP contribution < -0.4 is 10.1 Å². The molecule has 2 aromatic rings. The van der Waals surface area contributed by atoms with Crippen molar-refractivity contribution in [2.45, 2.75) is 6.42 Å². The number of esters is 1. The van der Waals surface area contributed by atoms with Gasteiger partial charge in [-0.1, -0.05) is 18.2 Å². The number of hydrogen-bond donors (Lipinski definition) is 1. The molecule has 122 valence electrons. The smallest absolute Gasteiger partial charge is 0.344 e. The van der Waals surface area contributed by atoms with Crippen LogP contribution in [0, 0.1) is 5.82 Å². The third-order valence-corrected chi connectivity index (χ3v) is 3.76. The average molecular weight is 337 g/mol. The summed E-state index contributed by atoms with van der Waals surface area (Å²) < 4.78 is 23.0. The van der Waals surface area contributed by atoms with Crippen molar-refractivity contribution < 1.29 is 23.5 Å². The van der Waals surface area contributed by atoms with Gasteiger partial charge >= 0.3 is 5.97 Å². The van der Waals surface area contributed by atoms with Gasteiger partial charge in [-0.25, -0.2) is 9.18 Å². The third-order valence-electron chi connectivity index (χ3n) is 2.82. The topological polar surface area (TPSA) is 64.6 Å². The Labute approximate surface area is 137 Å². The fourth-order valence-corrected chi connectivity index (χ4v) is 2.43. The van der Waals surface area contributed by atoms with Gasteiger partial charge in [0.15, 0.2) is 24.8 Å². The van der Waals surface area contributed by atoms with E-state index in [1.807, 2.05) is 17.5 Å². The number of benzene rings is 1. The van der Waals surface area contributed by atoms with E-state index in [9.17, 15) is 14.0 Å². The van der Waals surface area contributed by atoms with E-state index < -0.39 is 18.4 Å². The molecule has 1 aromatic carbocycles. The molecule has 0 aliphatic rings. The molecule has 0 spiro atoms. The number of rotatable bonds is 8. The summed E-state index contributed by atoms with van der Waals surface area (Å²) >= 11 is 1.61. The minimum Gasteiger partial charge on any atom is -0.479 e. The summed E-state index contributed by atoms with van der Waals surface area (Å²) in [5.74, 6) is -1.72. The van der Waals surface area contributed by atoms with Crippen LogP contribution in [0.15, 0.2) is 41.8 Å². The van der Waals surface area contributed by atoms with Crippen LogP contribution >= 0.6 is 11.3 Å². The van der Waals surface area contributed by atoms with Gasteiger partial charge in [0.25, 0.3) is 5.91 Å². The predicted octanol–water partition coefficient (Wildman–Crippen LogP) is 2.17. The molecule has 0 unspecified atom stereocenters. The molecule has 0 atom stereocenters. The molecule has 23 heavy (non-hydrogen) atoms. The molecule has 1 N–H and O–H groups in total. The minimum absolute atomic E-state index is 0.0372. The monoisotopic (exact) mass is 337 g/mol. The van der Waals surface area contributed by atoms with Crippen LogP contribution in [0.1, 0.15) is 4.88 Å². The number of nitrogens with one attached hydrogen (secondary N) is 1. The molecule has 0 saturated heterocycles. The first-order valence-corrected chi connectivity index (χ1v) is 7.85. The molecule has 1 aromatic heterocycles. The van der Waals surface area contributed by atoms with E-state index in [0.29, 0.717) is 6.54 Å². The maximum Gasteiger partial charge on any atom is 0.344 e. The highest BCUT2D eigenvalue weighted by Crippen LogP contribution is 2.15. The standard InChI is InChI=1S/C16H16FNO4S/c17-13-5-1-2-6-14(13)21-11-16(20)22-10-15(19)18-8-7-12-4-3-9-23-12/h1-6,9H,7-8,10-11H2,(H,18,19). The van der Waals surface area contributed by atoms with Crippen molar-refractivity contribution in [3.8, 4) is 5.75 Å². The summed E-state index contributed by atoms with van der Waals surface area (Å²) in [6, 6.07) is 9.66. The van der Waals surface area contributed by atoms with Gasteiger partial charge in [-0.05, 0) is 30.0 Å². The van der Waals surface area contributed by atoms with Crippen LogP contribution in [0.2, 0.25) is 0 Å². The van der Waals surface area contributed by atoms with Crippen molar-refractivity contribution in [2.75, 3.05) is 19.8 Å². The zero-order valence-electron chi connectivity index (χ0n) is 12.3. The zero-order chi connectivity index (χ0) is 16.5. The van der Waals surface area contributed by atoms with Crippen molar-refractivity contribution in [1.82, 2.24) is 5.32 Å². The van der Waals surface area contributed by atoms with Gasteiger partial charge in [-0.15, -0.1) is 11.3 Å². The molecular formula is C16H16FNO4S. The van der Waals surface area contributed by atoms with Crippen LogP contribution in [-0.2, 0) is 20.7 Å². The Morgan fingerprint density at radius 2 is 1.96 bits per heavy atom. The van der Waals surface area contributed by atoms with E-state index in [-0.39, 0.29) is 18.3 Å². The van der Waals surface area contributed by atoms with Crippen LogP contribution in [0.3, 0.4) is 0 Å². The fourth-order valence-electron chi connectivity index (χ4n) is 1.72. The van der Waals surface area contributed by atoms with Gasteiger partial charge in [0, 0.05) is 11.4 Å². The largest absolute Gasteiger partial charge is 0.479 e. The van der Waals surface area contributed by atoms with E-state index >= 15 is 0 Å². The van der Waals surface area contributed by atoms with Crippen molar-refractivity contribution in [1.29, 1.82) is 0 Å². The molecule has 0 aliphatic heterocycles. The first-order chi connectivity index (χ1) is 11.1. The fraction of sp³-hybridized carbons (Fsp3) is 0.250. The van der Waals surface area contributed by atoms with Crippen molar-refractivity contribution >= 4 is 23.2 Å². The molecule has 0 saturated carbocycles. The number of para-hydroxylation sites is 1. The maximum absolute atomic E-state index is 13.3. The summed E-state index contributed by atoms with van der Waals surface area (Å²) in [4.78, 5) is 24.1. The zero-order valence-corrected chi connectivity index (χ0v) is 13.1. The van der Waals surface area contributed by atoms with Crippen LogP contribution in [0.25, 0.3) is 0 Å². The summed E-state index contributed by atoms with van der Waals surface area (Å²) in [5.41, 5.74) is 0. The lowest BCUT2D eigenvalue weighted by Gasteiger charge is -2.08. The molecule has 1 amide bonds. The summed E-state index contributed by atoms with van der Waals surface area (Å²) in [5, 5.41) is 4.62. The van der Waals surface area contributed by atoms with Gasteiger partial charge in [0.2, 0.25) is 0 Å². The van der Waals surface area contributed by atoms with E-state index in [1.54, 1.807) is 17.4 Å². The molecule has 0 aliphatic carbocycles. The van der Waals surface area contributed by atoms with Crippen LogP contribution in [-0.4, -0.2) is 31.6 Å². The molecule has 0 bridgehead atoms. The Bertz CT molecular complexity index is 645. The predicted molar refractivity (Wildman–Crippen MR) is 83.9 cm³/mol. The molecule has 1 heterocycles. The Kier molecular flexibility index (Phi) is 6.56. The second-order valence-electron chi connectivity index (χ2n) is 4.56. The first kappa shape index (κ1) is 17.0. The second kappa shape index (κ2) is 8.89. The number of ether oxygens (including phenoxy) is 2. The number of carbonyl (C=O) groups excluding carboxylic acids is 2. The van der Waals surface area contributed by atoms with Gasteiger partial charge in [-0.3, -0.25) is 4.79 Å². The molecule has 7 heteroatoms. The molecule has 0 radical (unpaired) electrons. The van der Waals surface area contributed by atoms with E-state index in [0.717, 1.165) is 6.42 Å². The number of amides is 1. The van der Waals surface area contributed by atoms with Crippen molar-refractivity contribution in [3.05, 3.63) is 52.5 Å². The van der Waals surface area contributed by atoms with E-state index in [4.69, 9.17) is 9.47 Å². The van der Waals surface area contributed by atoms with E-state index in [2.05, 4.69) is 5.32 Å². The number of halogens is 1. The lowest BCUT2D eigenvalue weighted by Crippen LogP contribution is -2.31. The maximum atomic E-state index is 13.3. The third kappa shape index (κ3) is 6.07. The molecule has 0 fully saturated rings. The van der Waals surface area contributed by atoms with E-state index in [1.165, 1.54) is 23.1 Å². The second-order valence-corrected chi connectivity index (χ2v) is 5.59. The van der Waals surface area contributed by atoms with Gasteiger partial charge in [-0.2, -0.15) is 0 Å². The van der Waals surface area contributed by atoms with Crippen LogP contribution in [0.5, 0.6) is 5.75 Å². The average Bonchev–Trinajstić information content (AvgIpc) is 3.05.